The highest BCUT2D eigenvalue weighted by atomic mass is 32.2. The monoisotopic (exact) mass is 443 g/mol. The second kappa shape index (κ2) is 10.4. The number of ketones is 1. The van der Waals surface area contributed by atoms with Gasteiger partial charge in [-0.25, -0.2) is 13.2 Å². The van der Waals surface area contributed by atoms with E-state index in [2.05, 4.69) is 0 Å². The molecule has 0 unspecified atom stereocenters. The molecule has 31 heavy (non-hydrogen) atoms. The van der Waals surface area contributed by atoms with Gasteiger partial charge in [0.25, 0.3) is 0 Å². The van der Waals surface area contributed by atoms with E-state index in [9.17, 15) is 18.0 Å². The van der Waals surface area contributed by atoms with Crippen LogP contribution < -0.4 is 4.74 Å². The lowest BCUT2D eigenvalue weighted by Gasteiger charge is -2.26. The Morgan fingerprint density at radius 3 is 2.42 bits per heavy atom. The van der Waals surface area contributed by atoms with Gasteiger partial charge in [-0.05, 0) is 36.6 Å². The van der Waals surface area contributed by atoms with Gasteiger partial charge in [-0.15, -0.1) is 0 Å². The number of carbonyl (C=O) groups is 2. The highest BCUT2D eigenvalue weighted by molar-refractivity contribution is 7.89. The van der Waals surface area contributed by atoms with Crippen molar-refractivity contribution in [3.05, 3.63) is 65.7 Å². The first kappa shape index (κ1) is 22.7. The predicted octanol–water partition coefficient (Wildman–Crippen LogP) is 3.31. The molecule has 1 aliphatic rings. The van der Waals surface area contributed by atoms with Crippen LogP contribution in [-0.2, 0) is 19.6 Å². The van der Waals surface area contributed by atoms with E-state index in [1.54, 1.807) is 42.5 Å². The molecule has 0 spiro atoms. The van der Waals surface area contributed by atoms with E-state index >= 15 is 0 Å². The van der Waals surface area contributed by atoms with Gasteiger partial charge >= 0.3 is 5.97 Å². The van der Waals surface area contributed by atoms with Crippen molar-refractivity contribution < 1.29 is 27.5 Å². The van der Waals surface area contributed by atoms with Crippen LogP contribution >= 0.6 is 0 Å². The first-order chi connectivity index (χ1) is 14.9. The largest absolute Gasteiger partial charge is 0.495 e. The topological polar surface area (TPSA) is 90.0 Å². The Labute approximate surface area is 182 Å². The summed E-state index contributed by atoms with van der Waals surface area (Å²) in [5.41, 5.74) is 0.963. The number of hydrogen-bond donors (Lipinski definition) is 0. The van der Waals surface area contributed by atoms with Gasteiger partial charge in [-0.2, -0.15) is 4.31 Å². The minimum Gasteiger partial charge on any atom is -0.495 e. The summed E-state index contributed by atoms with van der Waals surface area (Å²) >= 11 is 0. The highest BCUT2D eigenvalue weighted by Crippen LogP contribution is 2.30. The number of hydrogen-bond acceptors (Lipinski definition) is 6. The summed E-state index contributed by atoms with van der Waals surface area (Å²) in [6, 6.07) is 13.2. The second-order valence-corrected chi connectivity index (χ2v) is 9.01. The summed E-state index contributed by atoms with van der Waals surface area (Å²) in [5.74, 6) is -0.749. The molecule has 1 fully saturated rings. The zero-order valence-corrected chi connectivity index (χ0v) is 18.1. The van der Waals surface area contributed by atoms with Gasteiger partial charge in [0.05, 0.1) is 7.11 Å². The fraction of sp³-hybridized carbons (Fsp3) is 0.304. The van der Waals surface area contributed by atoms with Crippen LogP contribution in [0.25, 0.3) is 6.08 Å². The molecule has 1 aliphatic heterocycles. The van der Waals surface area contributed by atoms with E-state index in [0.717, 1.165) is 25.3 Å². The summed E-state index contributed by atoms with van der Waals surface area (Å²) in [6.07, 6.45) is 5.28. The van der Waals surface area contributed by atoms with Gasteiger partial charge in [-0.1, -0.05) is 42.8 Å². The lowest BCUT2D eigenvalue weighted by Crippen LogP contribution is -2.35. The molecule has 0 aromatic heterocycles. The van der Waals surface area contributed by atoms with Gasteiger partial charge in [0, 0.05) is 24.7 Å². The number of ether oxygens (including phenoxy) is 2. The van der Waals surface area contributed by atoms with Crippen LogP contribution in [0.15, 0.2) is 59.5 Å². The van der Waals surface area contributed by atoms with Crippen molar-refractivity contribution in [2.45, 2.75) is 24.2 Å². The number of nitrogens with zero attached hydrogens (tertiary/aromatic N) is 1. The van der Waals surface area contributed by atoms with Crippen molar-refractivity contribution in [2.75, 3.05) is 26.8 Å². The van der Waals surface area contributed by atoms with Gasteiger partial charge in [0.1, 0.15) is 10.6 Å². The first-order valence-electron chi connectivity index (χ1n) is 10.0. The molecule has 7 nitrogen and oxygen atoms in total. The van der Waals surface area contributed by atoms with Crippen molar-refractivity contribution in [1.82, 2.24) is 4.31 Å². The lowest BCUT2D eigenvalue weighted by molar-refractivity contribution is -0.136. The predicted molar refractivity (Wildman–Crippen MR) is 116 cm³/mol. The third kappa shape index (κ3) is 5.80. The molecule has 164 valence electrons. The maximum Gasteiger partial charge on any atom is 0.331 e. The number of sulfonamides is 1. The molecule has 0 atom stereocenters. The normalized spacial score (nSPS) is 15.0. The van der Waals surface area contributed by atoms with E-state index in [4.69, 9.17) is 9.47 Å². The summed E-state index contributed by atoms with van der Waals surface area (Å²) < 4.78 is 37.8. The molecule has 8 heteroatoms. The van der Waals surface area contributed by atoms with Crippen LogP contribution in [0.5, 0.6) is 5.75 Å². The molecule has 3 rings (SSSR count). The second-order valence-electron chi connectivity index (χ2n) is 7.11. The first-order valence-corrected chi connectivity index (χ1v) is 11.5. The third-order valence-electron chi connectivity index (χ3n) is 4.97. The molecule has 0 amide bonds. The molecule has 0 N–H and O–H groups in total. The zero-order valence-electron chi connectivity index (χ0n) is 17.3. The summed E-state index contributed by atoms with van der Waals surface area (Å²) in [6.45, 7) is 0.588. The number of benzene rings is 2. The highest BCUT2D eigenvalue weighted by Gasteiger charge is 2.29. The number of carbonyl (C=O) groups excluding carboxylic acids is 2. The van der Waals surface area contributed by atoms with E-state index in [1.807, 2.05) is 0 Å². The number of Topliss-reactive ketones (excluding diaryl/α,β-unsaturated/α-hetero) is 1. The number of esters is 1. The summed E-state index contributed by atoms with van der Waals surface area (Å²) in [4.78, 5) is 24.1. The Kier molecular flexibility index (Phi) is 7.59. The fourth-order valence-electron chi connectivity index (χ4n) is 3.30. The van der Waals surface area contributed by atoms with Crippen molar-refractivity contribution in [3.8, 4) is 5.75 Å². The SMILES string of the molecule is COc1ccc(C=CC(=O)OCC(=O)c2ccccc2)cc1S(=O)(=O)N1CCCCC1. The van der Waals surface area contributed by atoms with Crippen molar-refractivity contribution in [2.24, 2.45) is 0 Å². The Hall–Kier alpha value is -2.97. The van der Waals surface area contributed by atoms with E-state index in [1.165, 1.54) is 23.6 Å². The minimum absolute atomic E-state index is 0.0617. The maximum absolute atomic E-state index is 13.1. The van der Waals surface area contributed by atoms with E-state index in [0.29, 0.717) is 24.2 Å². The van der Waals surface area contributed by atoms with Crippen LogP contribution in [0.1, 0.15) is 35.2 Å². The summed E-state index contributed by atoms with van der Waals surface area (Å²) in [5, 5.41) is 0. The minimum atomic E-state index is -3.70. The quantitative estimate of drug-likeness (QED) is 0.353. The molecule has 2 aromatic carbocycles. The third-order valence-corrected chi connectivity index (χ3v) is 6.89. The van der Waals surface area contributed by atoms with Crippen LogP contribution in [0.2, 0.25) is 0 Å². The zero-order chi connectivity index (χ0) is 22.3. The Morgan fingerprint density at radius 2 is 1.74 bits per heavy atom. The van der Waals surface area contributed by atoms with Gasteiger partial charge in [0.15, 0.2) is 12.4 Å². The number of rotatable bonds is 8. The molecular formula is C23H25NO6S. The van der Waals surface area contributed by atoms with E-state index < -0.39 is 16.0 Å². The molecular weight excluding hydrogens is 418 g/mol. The maximum atomic E-state index is 13.1. The van der Waals surface area contributed by atoms with Gasteiger partial charge < -0.3 is 9.47 Å². The molecule has 1 saturated heterocycles. The average Bonchev–Trinajstić information content (AvgIpc) is 2.82. The summed E-state index contributed by atoms with van der Waals surface area (Å²) in [7, 11) is -2.29. The smallest absolute Gasteiger partial charge is 0.331 e. The molecule has 0 aliphatic carbocycles. The van der Waals surface area contributed by atoms with Crippen molar-refractivity contribution in [3.63, 3.8) is 0 Å². The van der Waals surface area contributed by atoms with Crippen LogP contribution in [-0.4, -0.2) is 51.3 Å². The molecule has 1 heterocycles. The average molecular weight is 444 g/mol. The van der Waals surface area contributed by atoms with Crippen molar-refractivity contribution in [1.29, 1.82) is 0 Å². The Balaban J connectivity index is 1.70. The fourth-order valence-corrected chi connectivity index (χ4v) is 5.01. The van der Waals surface area contributed by atoms with Gasteiger partial charge in [-0.3, -0.25) is 4.79 Å². The standard InChI is InChI=1S/C23H25NO6S/c1-29-21-12-10-18(16-22(21)31(27,28)24-14-6-3-7-15-24)11-13-23(26)30-17-20(25)19-8-4-2-5-9-19/h2,4-5,8-13,16H,3,6-7,14-15,17H2,1H3. The van der Waals surface area contributed by atoms with Crippen LogP contribution in [0.4, 0.5) is 0 Å². The van der Waals surface area contributed by atoms with Gasteiger partial charge in [0.2, 0.25) is 10.0 Å². The van der Waals surface area contributed by atoms with E-state index in [-0.39, 0.29) is 23.0 Å². The lowest BCUT2D eigenvalue weighted by atomic mass is 10.1. The molecule has 0 saturated carbocycles. The molecule has 0 bridgehead atoms. The van der Waals surface area contributed by atoms with Crippen molar-refractivity contribution >= 4 is 27.9 Å². The number of methoxy groups -OCH3 is 1. The Morgan fingerprint density at radius 1 is 1.03 bits per heavy atom. The van der Waals surface area contributed by atoms with Crippen LogP contribution in [0, 0.1) is 0 Å². The number of piperidine rings is 1. The Bertz CT molecular complexity index is 1060. The molecule has 0 radical (unpaired) electrons. The molecule has 2 aromatic rings. The van der Waals surface area contributed by atoms with Crippen LogP contribution in [0.3, 0.4) is 0 Å².